The maximum absolute atomic E-state index is 11.9. The molecular formula is C47H73N15O24P4. The first-order valence-corrected chi connectivity index (χ1v) is 33.6. The van der Waals surface area contributed by atoms with E-state index in [1.54, 1.807) is 22.4 Å². The Morgan fingerprint density at radius 3 is 1.36 bits per heavy atom. The van der Waals surface area contributed by atoms with Gasteiger partial charge in [-0.05, 0) is 38.7 Å². The smallest absolute Gasteiger partial charge is 0.383 e. The van der Waals surface area contributed by atoms with E-state index in [1.165, 1.54) is 40.2 Å². The van der Waals surface area contributed by atoms with Crippen LogP contribution in [0.4, 0.5) is 17.6 Å². The molecule has 39 nitrogen and oxygen atoms in total. The van der Waals surface area contributed by atoms with Gasteiger partial charge < -0.3 is 55.7 Å². The molecule has 43 heteroatoms. The lowest BCUT2D eigenvalue weighted by molar-refractivity contribution is -0.0223. The number of hydrogen-bond donors (Lipinski definition) is 9. The Balaban J connectivity index is 0.000000171. The fraction of sp³-hybridized carbons (Fsp3) is 0.617. The van der Waals surface area contributed by atoms with Crippen molar-refractivity contribution in [2.45, 2.75) is 160 Å². The third kappa shape index (κ3) is 17.6. The summed E-state index contributed by atoms with van der Waals surface area (Å²) in [6.45, 7) is 9.03. The van der Waals surface area contributed by atoms with E-state index >= 15 is 0 Å². The molecule has 4 aliphatic heterocycles. The average molecular weight is 1360 g/mol. The average Bonchev–Trinajstić information content (AvgIpc) is 1.83. The number of fused-ring (bicyclic) bond motifs is 2. The molecule has 4 aliphatic rings. The van der Waals surface area contributed by atoms with Crippen LogP contribution in [0.25, 0.3) is 22.3 Å². The van der Waals surface area contributed by atoms with E-state index in [9.17, 15) is 57.0 Å². The molecule has 6 aromatic rings. The number of nitrogen functional groups attached to an aromatic ring is 3. The largest absolute Gasteiger partial charge is 0.472 e. The van der Waals surface area contributed by atoms with E-state index in [0.717, 1.165) is 28.4 Å². The molecule has 16 unspecified atom stereocenters. The van der Waals surface area contributed by atoms with Crippen molar-refractivity contribution in [2.75, 3.05) is 45.6 Å². The van der Waals surface area contributed by atoms with Gasteiger partial charge in [-0.25, -0.2) is 47.8 Å². The molecule has 0 aromatic carbocycles. The number of phosphoric acid groups is 4. The van der Waals surface area contributed by atoms with Crippen molar-refractivity contribution in [1.29, 1.82) is 0 Å². The van der Waals surface area contributed by atoms with Gasteiger partial charge in [0.25, 0.3) is 11.1 Å². The van der Waals surface area contributed by atoms with Crippen molar-refractivity contribution in [3.63, 3.8) is 0 Å². The second kappa shape index (κ2) is 30.3. The monoisotopic (exact) mass is 1360 g/mol. The lowest BCUT2D eigenvalue weighted by Gasteiger charge is -2.18. The molecule has 10 heterocycles. The number of phosphoric ester groups is 4. The van der Waals surface area contributed by atoms with Gasteiger partial charge in [-0.1, -0.05) is 27.7 Å². The molecule has 10 rings (SSSR count). The summed E-state index contributed by atoms with van der Waals surface area (Å²) in [7, 11) is -12.1. The minimum Gasteiger partial charge on any atom is -0.383 e. The summed E-state index contributed by atoms with van der Waals surface area (Å²) in [5.41, 5.74) is 16.5. The Hall–Kier alpha value is -5.86. The Morgan fingerprint density at radius 1 is 0.544 bits per heavy atom. The van der Waals surface area contributed by atoms with Gasteiger partial charge in [0, 0.05) is 72.1 Å². The standard InChI is InChI=1S/C12H18N5O6P.C12H18N5O5P.C12H19N2O7P.C11H18N3O6P/c1-3-6-7(23-24(19,20)21-2)4-8(22-6)17-5-14-9-10(17)15-12(13)16-11(9)18;1-3-7-8(22-23(18,19)20-2)4-9(21-7)17-6-16-10-11(13)14-5-15-12(10)17;1-4-8-9(21-22(17,18)19-3)5-10(20-8)14-6-7(2)11(15)13-12(14)16;1-3-7-8(20-21(16,17)18-2)6-10(19-7)14-5-4-9(12)13-11(14)15/h5-8H,3-4H2,1-2H3,(H,19,20)(H3,13,15,16,18);5-9H,3-4H2,1-2H3,(H,18,19)(H2,13,14,15);6,8-10H,4-5H2,1-3H3,(H,17,18)(H,13,15,16);4-5,7-8,10H,3,6H2,1-2H3,(H,16,17)(H2,12,13,15). The molecule has 90 heavy (non-hydrogen) atoms. The SMILES string of the molecule is CCC1OC(n2cc(C)c(=O)[nH]c2=O)CC1OP(=O)(O)OC.CCC1OC(n2ccc(N)nc2=O)CC1OP(=O)(O)OC.CCC1OC(n2cnc3c(=O)[nH]c(N)nc32)CC1OP(=O)(O)OC.CCC1OC(n2cnc3c(N)ncnc32)CC1OP(=O)(O)OC. The van der Waals surface area contributed by atoms with Crippen molar-refractivity contribution in [3.05, 3.63) is 84.7 Å². The zero-order valence-corrected chi connectivity index (χ0v) is 53.6. The van der Waals surface area contributed by atoms with Gasteiger partial charge in [-0.15, -0.1) is 0 Å². The van der Waals surface area contributed by atoms with Crippen LogP contribution in [0.2, 0.25) is 0 Å². The lowest BCUT2D eigenvalue weighted by Crippen LogP contribution is -2.33. The van der Waals surface area contributed by atoms with E-state index in [1.807, 2.05) is 27.7 Å². The Kier molecular flexibility index (Phi) is 24.1. The molecule has 4 saturated heterocycles. The molecule has 4 fully saturated rings. The fourth-order valence-electron chi connectivity index (χ4n) is 9.91. The molecule has 0 spiro atoms. The van der Waals surface area contributed by atoms with E-state index in [2.05, 4.69) is 58.0 Å². The third-order valence-corrected chi connectivity index (χ3v) is 18.4. The van der Waals surface area contributed by atoms with Gasteiger partial charge in [0.2, 0.25) is 5.95 Å². The summed E-state index contributed by atoms with van der Waals surface area (Å²) in [5, 5.41) is 0. The van der Waals surface area contributed by atoms with Crippen molar-refractivity contribution >= 4 is 71.2 Å². The minimum absolute atomic E-state index is 0.0358. The third-order valence-electron chi connectivity index (χ3n) is 14.4. The van der Waals surface area contributed by atoms with Crippen molar-refractivity contribution in [3.8, 4) is 0 Å². The highest BCUT2D eigenvalue weighted by Crippen LogP contribution is 2.51. The Labute approximate surface area is 510 Å². The molecule has 0 saturated carbocycles. The molecule has 500 valence electrons. The van der Waals surface area contributed by atoms with Gasteiger partial charge in [-0.2, -0.15) is 9.97 Å². The fourth-order valence-corrected chi connectivity index (χ4v) is 12.5. The molecule has 0 radical (unpaired) electrons. The molecule has 12 N–H and O–H groups in total. The van der Waals surface area contributed by atoms with Crippen LogP contribution in [0.15, 0.2) is 56.6 Å². The van der Waals surface area contributed by atoms with Crippen LogP contribution in [0.3, 0.4) is 0 Å². The quantitative estimate of drug-likeness (QED) is 0.0496. The maximum atomic E-state index is 11.9. The highest BCUT2D eigenvalue weighted by atomic mass is 31.2. The van der Waals surface area contributed by atoms with E-state index in [4.69, 9.17) is 54.2 Å². The number of nitrogens with zero attached hydrogens (tertiary/aromatic N) is 10. The number of hydrogen-bond acceptors (Lipinski definition) is 29. The normalized spacial score (nSPS) is 27.5. The van der Waals surface area contributed by atoms with Crippen LogP contribution in [-0.2, 0) is 73.4 Å². The Morgan fingerprint density at radius 2 is 0.944 bits per heavy atom. The van der Waals surface area contributed by atoms with Crippen LogP contribution in [0, 0.1) is 6.92 Å². The van der Waals surface area contributed by atoms with Crippen LogP contribution in [0.1, 0.15) is 110 Å². The van der Waals surface area contributed by atoms with E-state index < -0.39 is 121 Å². The summed E-state index contributed by atoms with van der Waals surface area (Å²) < 4.78 is 114. The van der Waals surface area contributed by atoms with Crippen LogP contribution in [0.5, 0.6) is 0 Å². The number of ether oxygens (including phenoxy) is 4. The number of anilines is 3. The zero-order chi connectivity index (χ0) is 66.2. The number of nitrogens with two attached hydrogens (primary N) is 3. The molecule has 16 atom stereocenters. The first kappa shape index (κ1) is 71.6. The highest BCUT2D eigenvalue weighted by molar-refractivity contribution is 7.48. The lowest BCUT2D eigenvalue weighted by atomic mass is 10.1. The second-order valence-electron chi connectivity index (χ2n) is 20.2. The van der Waals surface area contributed by atoms with Gasteiger partial charge in [0.1, 0.15) is 42.6 Å². The zero-order valence-electron chi connectivity index (χ0n) is 50.0. The number of aryl methyl sites for hydroxylation is 1. The maximum Gasteiger partial charge on any atom is 0.472 e. The first-order chi connectivity index (χ1) is 42.4. The number of nitrogens with one attached hydrogen (secondary N) is 2. The molecule has 0 bridgehead atoms. The van der Waals surface area contributed by atoms with E-state index in [-0.39, 0.29) is 54.1 Å². The van der Waals surface area contributed by atoms with Gasteiger partial charge in [-0.3, -0.25) is 74.0 Å². The first-order valence-electron chi connectivity index (χ1n) is 27.6. The summed E-state index contributed by atoms with van der Waals surface area (Å²) in [5.74, 6) is 0.366. The van der Waals surface area contributed by atoms with Crippen LogP contribution in [-0.4, -0.2) is 155 Å². The minimum atomic E-state index is -4.15. The number of aromatic nitrogens is 12. The Bertz CT molecular complexity index is 3890. The summed E-state index contributed by atoms with van der Waals surface area (Å²) in [4.78, 5) is 113. The number of imidazole rings is 2. The summed E-state index contributed by atoms with van der Waals surface area (Å²) >= 11 is 0. The number of rotatable bonds is 20. The highest BCUT2D eigenvalue weighted by Gasteiger charge is 2.45. The molecular weight excluding hydrogens is 1280 g/mol. The molecule has 0 aliphatic carbocycles. The topological polar surface area (TPSA) is 535 Å². The summed E-state index contributed by atoms with van der Waals surface area (Å²) in [6.07, 6.45) is 4.03. The number of aromatic amines is 2. The van der Waals surface area contributed by atoms with Crippen molar-refractivity contribution in [2.24, 2.45) is 0 Å². The molecule has 6 aromatic heterocycles. The predicted octanol–water partition coefficient (Wildman–Crippen LogP) is 3.10. The van der Waals surface area contributed by atoms with Crippen molar-refractivity contribution < 1.29 is 93.0 Å². The van der Waals surface area contributed by atoms with Gasteiger partial charge >= 0.3 is 42.7 Å². The number of H-pyrrole nitrogens is 2. The van der Waals surface area contributed by atoms with Gasteiger partial charge in [0.15, 0.2) is 22.6 Å². The predicted molar refractivity (Wildman–Crippen MR) is 313 cm³/mol. The summed E-state index contributed by atoms with van der Waals surface area (Å²) in [6, 6.07) is 1.48. The van der Waals surface area contributed by atoms with Crippen LogP contribution >= 0.6 is 31.3 Å². The van der Waals surface area contributed by atoms with Crippen LogP contribution < -0.4 is 39.7 Å². The van der Waals surface area contributed by atoms with E-state index in [0.29, 0.717) is 48.8 Å². The van der Waals surface area contributed by atoms with Gasteiger partial charge in [0.05, 0.1) is 61.5 Å². The molecule has 0 amide bonds. The van der Waals surface area contributed by atoms with Crippen molar-refractivity contribution in [1.82, 2.24) is 58.1 Å². The second-order valence-corrected chi connectivity index (χ2v) is 26.2.